The van der Waals surface area contributed by atoms with E-state index in [9.17, 15) is 0 Å². The Morgan fingerprint density at radius 1 is 1.47 bits per heavy atom. The average molecular weight is 205 g/mol. The number of fused-ring (bicyclic) bond motifs is 1. The Morgan fingerprint density at radius 3 is 3.07 bits per heavy atom. The molecule has 1 aromatic rings. The van der Waals surface area contributed by atoms with Gasteiger partial charge in [-0.1, -0.05) is 24.3 Å². The molecule has 2 nitrogen and oxygen atoms in total. The van der Waals surface area contributed by atoms with Crippen LogP contribution in [0.1, 0.15) is 36.9 Å². The fraction of sp³-hybridized carbons (Fsp3) is 0.538. The lowest BCUT2D eigenvalue weighted by atomic mass is 10.1. The van der Waals surface area contributed by atoms with Gasteiger partial charge in [-0.15, -0.1) is 0 Å². The lowest BCUT2D eigenvalue weighted by molar-refractivity contribution is 0.263. The van der Waals surface area contributed by atoms with Gasteiger partial charge < -0.3 is 10.4 Å². The van der Waals surface area contributed by atoms with E-state index in [4.69, 9.17) is 5.11 Å². The normalized spacial score (nSPS) is 21.3. The molecule has 0 aliphatic heterocycles. The van der Waals surface area contributed by atoms with E-state index in [1.807, 2.05) is 0 Å². The summed E-state index contributed by atoms with van der Waals surface area (Å²) in [6.07, 6.45) is 3.20. The maximum absolute atomic E-state index is 8.87. The summed E-state index contributed by atoms with van der Waals surface area (Å²) in [4.78, 5) is 0. The molecule has 2 N–H and O–H groups in total. The van der Waals surface area contributed by atoms with Crippen LogP contribution in [0.25, 0.3) is 0 Å². The summed E-state index contributed by atoms with van der Waals surface area (Å²) in [5.41, 5.74) is 2.92. The van der Waals surface area contributed by atoms with Crippen LogP contribution in [0.2, 0.25) is 0 Å². The summed E-state index contributed by atoms with van der Waals surface area (Å²) in [5.74, 6) is 0. The molecular formula is C13H19NO. The minimum atomic E-state index is 0.266. The van der Waals surface area contributed by atoms with Crippen molar-refractivity contribution in [1.82, 2.24) is 5.32 Å². The molecule has 2 rings (SSSR count). The van der Waals surface area contributed by atoms with Gasteiger partial charge in [-0.05, 0) is 37.3 Å². The van der Waals surface area contributed by atoms with E-state index in [-0.39, 0.29) is 6.61 Å². The third-order valence-electron chi connectivity index (χ3n) is 3.18. The minimum Gasteiger partial charge on any atom is -0.396 e. The number of aliphatic hydroxyl groups is 1. The minimum absolute atomic E-state index is 0.266. The molecule has 2 heteroatoms. The van der Waals surface area contributed by atoms with Crippen LogP contribution < -0.4 is 5.32 Å². The third kappa shape index (κ3) is 2.39. The number of aryl methyl sites for hydroxylation is 1. The van der Waals surface area contributed by atoms with Crippen LogP contribution in [0.3, 0.4) is 0 Å². The SMILES string of the molecule is C[C@H](CCO)NC1CCc2ccccc21. The highest BCUT2D eigenvalue weighted by Gasteiger charge is 2.22. The van der Waals surface area contributed by atoms with E-state index < -0.39 is 0 Å². The van der Waals surface area contributed by atoms with Gasteiger partial charge in [0.25, 0.3) is 0 Å². The lowest BCUT2D eigenvalue weighted by Gasteiger charge is -2.19. The van der Waals surface area contributed by atoms with Gasteiger partial charge in [0, 0.05) is 18.7 Å². The van der Waals surface area contributed by atoms with Crippen molar-refractivity contribution in [2.45, 2.75) is 38.3 Å². The van der Waals surface area contributed by atoms with Gasteiger partial charge in [-0.25, -0.2) is 0 Å². The Morgan fingerprint density at radius 2 is 2.27 bits per heavy atom. The first-order valence-corrected chi connectivity index (χ1v) is 5.76. The highest BCUT2D eigenvalue weighted by atomic mass is 16.3. The van der Waals surface area contributed by atoms with Gasteiger partial charge in [0.05, 0.1) is 0 Å². The van der Waals surface area contributed by atoms with E-state index >= 15 is 0 Å². The quantitative estimate of drug-likeness (QED) is 0.788. The molecule has 0 radical (unpaired) electrons. The summed E-state index contributed by atoms with van der Waals surface area (Å²) >= 11 is 0. The van der Waals surface area contributed by atoms with Crippen molar-refractivity contribution >= 4 is 0 Å². The van der Waals surface area contributed by atoms with E-state index in [2.05, 4.69) is 36.5 Å². The van der Waals surface area contributed by atoms with Crippen LogP contribution in [-0.2, 0) is 6.42 Å². The van der Waals surface area contributed by atoms with Gasteiger partial charge >= 0.3 is 0 Å². The van der Waals surface area contributed by atoms with Crippen LogP contribution in [0.15, 0.2) is 24.3 Å². The molecule has 0 saturated heterocycles. The summed E-state index contributed by atoms with van der Waals surface area (Å²) < 4.78 is 0. The highest BCUT2D eigenvalue weighted by Crippen LogP contribution is 2.31. The van der Waals surface area contributed by atoms with Crippen LogP contribution in [0, 0.1) is 0 Å². The second-order valence-electron chi connectivity index (χ2n) is 4.37. The fourth-order valence-corrected chi connectivity index (χ4v) is 2.35. The van der Waals surface area contributed by atoms with E-state index in [1.165, 1.54) is 24.0 Å². The van der Waals surface area contributed by atoms with Gasteiger partial charge in [0.2, 0.25) is 0 Å². The second-order valence-corrected chi connectivity index (χ2v) is 4.37. The number of hydrogen-bond donors (Lipinski definition) is 2. The molecule has 0 fully saturated rings. The number of benzene rings is 1. The Balaban J connectivity index is 2.01. The monoisotopic (exact) mass is 205 g/mol. The van der Waals surface area contributed by atoms with E-state index in [0.717, 1.165) is 6.42 Å². The molecule has 1 aliphatic rings. The van der Waals surface area contributed by atoms with Crippen LogP contribution in [0.5, 0.6) is 0 Å². The standard InChI is InChI=1S/C13H19NO/c1-10(8-9-15)14-13-7-6-11-4-2-3-5-12(11)13/h2-5,10,13-15H,6-9H2,1H3/t10-,13?/m1/s1. The first-order chi connectivity index (χ1) is 7.31. The van der Waals surface area contributed by atoms with Gasteiger partial charge in [-0.3, -0.25) is 0 Å². The van der Waals surface area contributed by atoms with Crippen molar-refractivity contribution in [3.8, 4) is 0 Å². The fourth-order valence-electron chi connectivity index (χ4n) is 2.35. The van der Waals surface area contributed by atoms with Crippen molar-refractivity contribution in [3.05, 3.63) is 35.4 Å². The van der Waals surface area contributed by atoms with E-state index in [1.54, 1.807) is 0 Å². The maximum Gasteiger partial charge on any atom is 0.0445 e. The Hall–Kier alpha value is -0.860. The topological polar surface area (TPSA) is 32.3 Å². The zero-order valence-electron chi connectivity index (χ0n) is 9.24. The Labute approximate surface area is 91.3 Å². The number of nitrogens with one attached hydrogen (secondary N) is 1. The molecule has 1 aromatic carbocycles. The molecule has 0 saturated carbocycles. The summed E-state index contributed by atoms with van der Waals surface area (Å²) in [6, 6.07) is 9.53. The molecule has 0 aromatic heterocycles. The van der Waals surface area contributed by atoms with Crippen molar-refractivity contribution in [2.75, 3.05) is 6.61 Å². The molecule has 82 valence electrons. The highest BCUT2D eigenvalue weighted by molar-refractivity contribution is 5.34. The molecule has 0 amide bonds. The van der Waals surface area contributed by atoms with Crippen molar-refractivity contribution < 1.29 is 5.11 Å². The van der Waals surface area contributed by atoms with Crippen molar-refractivity contribution in [2.24, 2.45) is 0 Å². The molecule has 1 unspecified atom stereocenters. The zero-order chi connectivity index (χ0) is 10.7. The van der Waals surface area contributed by atoms with E-state index in [0.29, 0.717) is 12.1 Å². The largest absolute Gasteiger partial charge is 0.396 e. The average Bonchev–Trinajstić information content (AvgIpc) is 2.62. The van der Waals surface area contributed by atoms with Crippen LogP contribution >= 0.6 is 0 Å². The first-order valence-electron chi connectivity index (χ1n) is 5.76. The molecule has 0 heterocycles. The Bertz CT molecular complexity index is 324. The number of rotatable bonds is 4. The van der Waals surface area contributed by atoms with Crippen molar-refractivity contribution in [3.63, 3.8) is 0 Å². The Kier molecular flexibility index (Phi) is 3.39. The van der Waals surface area contributed by atoms with Gasteiger partial charge in [0.15, 0.2) is 0 Å². The maximum atomic E-state index is 8.87. The summed E-state index contributed by atoms with van der Waals surface area (Å²) in [6.45, 7) is 2.40. The first kappa shape index (κ1) is 10.7. The van der Waals surface area contributed by atoms with Crippen LogP contribution in [-0.4, -0.2) is 17.8 Å². The predicted octanol–water partition coefficient (Wildman–Crippen LogP) is 2.03. The predicted molar refractivity (Wildman–Crippen MR) is 61.8 cm³/mol. The molecule has 0 bridgehead atoms. The van der Waals surface area contributed by atoms with Crippen LogP contribution in [0.4, 0.5) is 0 Å². The van der Waals surface area contributed by atoms with Gasteiger partial charge in [0.1, 0.15) is 0 Å². The molecular weight excluding hydrogens is 186 g/mol. The second kappa shape index (κ2) is 4.77. The molecule has 1 aliphatic carbocycles. The molecule has 15 heavy (non-hydrogen) atoms. The summed E-state index contributed by atoms with van der Waals surface area (Å²) in [7, 11) is 0. The summed E-state index contributed by atoms with van der Waals surface area (Å²) in [5, 5.41) is 12.4. The smallest absolute Gasteiger partial charge is 0.0445 e. The lowest BCUT2D eigenvalue weighted by Crippen LogP contribution is -2.30. The van der Waals surface area contributed by atoms with Gasteiger partial charge in [-0.2, -0.15) is 0 Å². The molecule has 0 spiro atoms. The third-order valence-corrected chi connectivity index (χ3v) is 3.18. The number of hydrogen-bond acceptors (Lipinski definition) is 2. The number of aliphatic hydroxyl groups excluding tert-OH is 1. The molecule has 2 atom stereocenters. The zero-order valence-corrected chi connectivity index (χ0v) is 9.24. The van der Waals surface area contributed by atoms with Crippen molar-refractivity contribution in [1.29, 1.82) is 0 Å².